The maximum absolute atomic E-state index is 13.4. The number of nitrogens with one attached hydrogen (secondary N) is 1. The van der Waals surface area contributed by atoms with Crippen LogP contribution in [0.25, 0.3) is 11.0 Å². The molecule has 10 heteroatoms. The van der Waals surface area contributed by atoms with Crippen LogP contribution in [0.3, 0.4) is 0 Å². The first-order valence-electron chi connectivity index (χ1n) is 10.3. The number of carbonyl (C=O) groups is 1. The summed E-state index contributed by atoms with van der Waals surface area (Å²) in [6.45, 7) is 4.41. The molecule has 0 radical (unpaired) electrons. The Morgan fingerprint density at radius 2 is 1.97 bits per heavy atom. The van der Waals surface area contributed by atoms with Crippen molar-refractivity contribution >= 4 is 46.0 Å². The van der Waals surface area contributed by atoms with Crippen molar-refractivity contribution in [3.05, 3.63) is 81.0 Å². The second-order valence-corrected chi connectivity index (χ2v) is 8.74. The van der Waals surface area contributed by atoms with Crippen LogP contribution in [0.4, 0.5) is 10.1 Å². The number of benzene rings is 2. The van der Waals surface area contributed by atoms with Crippen LogP contribution in [0.2, 0.25) is 5.02 Å². The zero-order valence-electron chi connectivity index (χ0n) is 18.0. The number of aromatic nitrogens is 4. The molecule has 0 spiro atoms. The first-order chi connectivity index (χ1) is 15.9. The van der Waals surface area contributed by atoms with Crippen LogP contribution in [0, 0.1) is 12.7 Å². The van der Waals surface area contributed by atoms with Crippen LogP contribution < -0.4 is 10.9 Å². The predicted octanol–water partition coefficient (Wildman–Crippen LogP) is 4.49. The maximum atomic E-state index is 13.4. The maximum Gasteiger partial charge on any atom is 0.280 e. The average Bonchev–Trinajstić information content (AvgIpc) is 3.11. The Bertz CT molecular complexity index is 1380. The van der Waals surface area contributed by atoms with E-state index in [1.54, 1.807) is 48.0 Å². The van der Waals surface area contributed by atoms with Crippen molar-refractivity contribution in [2.45, 2.75) is 32.1 Å². The summed E-state index contributed by atoms with van der Waals surface area (Å²) in [6, 6.07) is 12.8. The molecule has 1 amide bonds. The number of nitrogens with zero attached hydrogens (tertiary/aromatic N) is 4. The molecule has 4 aromatic rings. The monoisotopic (exact) mass is 485 g/mol. The van der Waals surface area contributed by atoms with Gasteiger partial charge in [0.15, 0.2) is 10.7 Å². The summed E-state index contributed by atoms with van der Waals surface area (Å²) >= 11 is 7.13. The fraction of sp³-hybridized carbons (Fsp3) is 0.217. The Balaban J connectivity index is 1.67. The number of rotatable bonds is 7. The van der Waals surface area contributed by atoms with E-state index >= 15 is 0 Å². The van der Waals surface area contributed by atoms with E-state index in [0.29, 0.717) is 39.1 Å². The molecule has 33 heavy (non-hydrogen) atoms. The lowest BCUT2D eigenvalue weighted by Crippen LogP contribution is -2.26. The van der Waals surface area contributed by atoms with E-state index in [1.165, 1.54) is 16.7 Å². The van der Waals surface area contributed by atoms with Gasteiger partial charge in [0, 0.05) is 17.3 Å². The van der Waals surface area contributed by atoms with Crippen LogP contribution in [0.15, 0.2) is 58.5 Å². The lowest BCUT2D eigenvalue weighted by molar-refractivity contribution is -0.113. The molecule has 0 saturated heterocycles. The van der Waals surface area contributed by atoms with Gasteiger partial charge in [0.05, 0.1) is 18.0 Å². The number of halogens is 2. The number of anilines is 1. The minimum absolute atomic E-state index is 0.0365. The SMILES string of the molecule is CCn1nc(C)c2nc(SCC(=O)Nc3cccc(Cl)c3)n(Cc3ccc(F)cc3)c(=O)c21. The fourth-order valence-electron chi connectivity index (χ4n) is 3.43. The smallest absolute Gasteiger partial charge is 0.280 e. The van der Waals surface area contributed by atoms with Crippen molar-refractivity contribution < 1.29 is 9.18 Å². The van der Waals surface area contributed by atoms with E-state index < -0.39 is 0 Å². The van der Waals surface area contributed by atoms with E-state index in [9.17, 15) is 14.0 Å². The molecule has 0 atom stereocenters. The summed E-state index contributed by atoms with van der Waals surface area (Å²) in [4.78, 5) is 30.6. The Kier molecular flexibility index (Phi) is 6.80. The molecule has 0 bridgehead atoms. The van der Waals surface area contributed by atoms with E-state index in [0.717, 1.165) is 17.3 Å². The van der Waals surface area contributed by atoms with Gasteiger partial charge in [-0.25, -0.2) is 9.37 Å². The van der Waals surface area contributed by atoms with Crippen molar-refractivity contribution in [3.63, 3.8) is 0 Å². The second-order valence-electron chi connectivity index (χ2n) is 7.36. The third-order valence-corrected chi connectivity index (χ3v) is 6.19. The molecule has 2 aromatic heterocycles. The average molecular weight is 486 g/mol. The van der Waals surface area contributed by atoms with E-state index in [4.69, 9.17) is 11.6 Å². The Morgan fingerprint density at radius 1 is 1.21 bits per heavy atom. The summed E-state index contributed by atoms with van der Waals surface area (Å²) in [7, 11) is 0. The van der Waals surface area contributed by atoms with Crippen molar-refractivity contribution in [3.8, 4) is 0 Å². The van der Waals surface area contributed by atoms with Crippen LogP contribution in [0.1, 0.15) is 18.2 Å². The first kappa shape index (κ1) is 23.0. The van der Waals surface area contributed by atoms with E-state index in [-0.39, 0.29) is 29.6 Å². The summed E-state index contributed by atoms with van der Waals surface area (Å²) in [5.74, 6) is -0.577. The number of hydrogen-bond donors (Lipinski definition) is 1. The third kappa shape index (κ3) is 5.09. The van der Waals surface area contributed by atoms with Gasteiger partial charge < -0.3 is 5.32 Å². The highest BCUT2D eigenvalue weighted by Crippen LogP contribution is 2.22. The molecular formula is C23H21ClFN5O2S. The highest BCUT2D eigenvalue weighted by Gasteiger charge is 2.19. The number of thioether (sulfide) groups is 1. The number of aryl methyl sites for hydroxylation is 2. The Labute approximate surface area is 198 Å². The van der Waals surface area contributed by atoms with Crippen LogP contribution >= 0.6 is 23.4 Å². The van der Waals surface area contributed by atoms with Gasteiger partial charge >= 0.3 is 0 Å². The number of amides is 1. The van der Waals surface area contributed by atoms with E-state index in [2.05, 4.69) is 15.4 Å². The summed E-state index contributed by atoms with van der Waals surface area (Å²) in [5.41, 5.74) is 2.62. The highest BCUT2D eigenvalue weighted by atomic mass is 35.5. The third-order valence-electron chi connectivity index (χ3n) is 4.98. The lowest BCUT2D eigenvalue weighted by atomic mass is 10.2. The van der Waals surface area contributed by atoms with Gasteiger partial charge in [-0.05, 0) is 49.7 Å². The Hall–Kier alpha value is -3.17. The minimum Gasteiger partial charge on any atom is -0.325 e. The van der Waals surface area contributed by atoms with Gasteiger partial charge in [-0.15, -0.1) is 0 Å². The van der Waals surface area contributed by atoms with Crippen molar-refractivity contribution in [1.29, 1.82) is 0 Å². The van der Waals surface area contributed by atoms with Crippen molar-refractivity contribution in [2.24, 2.45) is 0 Å². The Morgan fingerprint density at radius 3 is 2.67 bits per heavy atom. The molecule has 0 aliphatic heterocycles. The summed E-state index contributed by atoms with van der Waals surface area (Å²) < 4.78 is 16.5. The summed E-state index contributed by atoms with van der Waals surface area (Å²) in [5, 5.41) is 8.11. The van der Waals surface area contributed by atoms with Crippen LogP contribution in [0.5, 0.6) is 0 Å². The number of fused-ring (bicyclic) bond motifs is 1. The van der Waals surface area contributed by atoms with Crippen molar-refractivity contribution in [2.75, 3.05) is 11.1 Å². The molecule has 7 nitrogen and oxygen atoms in total. The molecule has 170 valence electrons. The molecular weight excluding hydrogens is 465 g/mol. The van der Waals surface area contributed by atoms with Gasteiger partial charge in [-0.3, -0.25) is 18.8 Å². The molecule has 0 aliphatic rings. The molecule has 0 fully saturated rings. The quantitative estimate of drug-likeness (QED) is 0.308. The standard InChI is InChI=1S/C23H21ClFN5O2S/c1-3-30-21-20(14(2)28-30)27-23(29(22(21)32)12-15-7-9-17(25)10-8-15)33-13-19(31)26-18-6-4-5-16(24)11-18/h4-11H,3,12-13H2,1-2H3,(H,26,31). The highest BCUT2D eigenvalue weighted by molar-refractivity contribution is 7.99. The second kappa shape index (κ2) is 9.76. The molecule has 0 saturated carbocycles. The normalized spacial score (nSPS) is 11.2. The lowest BCUT2D eigenvalue weighted by Gasteiger charge is -2.13. The van der Waals surface area contributed by atoms with Gasteiger partial charge in [-0.2, -0.15) is 5.10 Å². The number of carbonyl (C=O) groups excluding carboxylic acids is 1. The topological polar surface area (TPSA) is 81.8 Å². The zero-order chi connectivity index (χ0) is 23.5. The molecule has 0 aliphatic carbocycles. The summed E-state index contributed by atoms with van der Waals surface area (Å²) in [6.07, 6.45) is 0. The number of hydrogen-bond acceptors (Lipinski definition) is 5. The molecule has 4 rings (SSSR count). The van der Waals surface area contributed by atoms with E-state index in [1.807, 2.05) is 6.92 Å². The predicted molar refractivity (Wildman–Crippen MR) is 129 cm³/mol. The largest absolute Gasteiger partial charge is 0.325 e. The van der Waals surface area contributed by atoms with Gasteiger partial charge in [0.25, 0.3) is 5.56 Å². The first-order valence-corrected chi connectivity index (χ1v) is 11.6. The minimum atomic E-state index is -0.355. The van der Waals surface area contributed by atoms with Crippen LogP contribution in [-0.4, -0.2) is 31.0 Å². The van der Waals surface area contributed by atoms with Gasteiger partial charge in [-0.1, -0.05) is 41.6 Å². The van der Waals surface area contributed by atoms with Crippen LogP contribution in [-0.2, 0) is 17.9 Å². The fourth-order valence-corrected chi connectivity index (χ4v) is 4.41. The van der Waals surface area contributed by atoms with Crippen molar-refractivity contribution in [1.82, 2.24) is 19.3 Å². The zero-order valence-corrected chi connectivity index (χ0v) is 19.6. The van der Waals surface area contributed by atoms with Gasteiger partial charge in [0.1, 0.15) is 11.3 Å². The molecule has 1 N–H and O–H groups in total. The van der Waals surface area contributed by atoms with Gasteiger partial charge in [0.2, 0.25) is 5.91 Å². The molecule has 2 heterocycles. The molecule has 0 unspecified atom stereocenters. The molecule has 2 aromatic carbocycles.